The first-order valence-corrected chi connectivity index (χ1v) is 6.36. The van der Waals surface area contributed by atoms with Crippen molar-refractivity contribution in [3.05, 3.63) is 60.2 Å². The van der Waals surface area contributed by atoms with E-state index < -0.39 is 5.97 Å². The maximum absolute atomic E-state index is 10.9. The topological polar surface area (TPSA) is 88.0 Å². The van der Waals surface area contributed by atoms with Crippen molar-refractivity contribution in [2.75, 3.05) is 5.32 Å². The number of nitrogens with one attached hydrogen (secondary N) is 1. The van der Waals surface area contributed by atoms with Crippen molar-refractivity contribution in [3.8, 4) is 0 Å². The lowest BCUT2D eigenvalue weighted by Crippen LogP contribution is -2.07. The van der Waals surface area contributed by atoms with Crippen LogP contribution >= 0.6 is 0 Å². The standard InChI is InChI=1S/C15H12N4O2/c20-15(21)12-8-16-9-13(19-12)18-7-11-4-1-3-10-5-2-6-17-14(10)11/h1-6,8-9H,7H2,(H,18,19)(H,20,21). The molecule has 0 aliphatic rings. The second kappa shape index (κ2) is 5.54. The van der Waals surface area contributed by atoms with E-state index in [-0.39, 0.29) is 5.69 Å². The molecule has 21 heavy (non-hydrogen) atoms. The third-order valence-electron chi connectivity index (χ3n) is 3.03. The molecule has 0 fully saturated rings. The summed E-state index contributed by atoms with van der Waals surface area (Å²) in [6.45, 7) is 0.492. The summed E-state index contributed by atoms with van der Waals surface area (Å²) >= 11 is 0. The molecule has 0 atom stereocenters. The summed E-state index contributed by atoms with van der Waals surface area (Å²) in [5.41, 5.74) is 1.83. The Morgan fingerprint density at radius 2 is 2.05 bits per heavy atom. The first-order chi connectivity index (χ1) is 10.2. The number of rotatable bonds is 4. The predicted octanol–water partition coefficient (Wildman–Crippen LogP) is 2.34. The lowest BCUT2D eigenvalue weighted by atomic mass is 10.1. The Bertz CT molecular complexity index is 799. The minimum Gasteiger partial charge on any atom is -0.476 e. The highest BCUT2D eigenvalue weighted by Crippen LogP contribution is 2.17. The van der Waals surface area contributed by atoms with Crippen LogP contribution in [0.1, 0.15) is 16.1 Å². The summed E-state index contributed by atoms with van der Waals surface area (Å²) in [7, 11) is 0. The molecule has 0 aliphatic heterocycles. The fourth-order valence-electron chi connectivity index (χ4n) is 2.05. The normalized spacial score (nSPS) is 10.5. The molecule has 0 saturated carbocycles. The van der Waals surface area contributed by atoms with Gasteiger partial charge in [-0.3, -0.25) is 9.97 Å². The molecule has 6 nitrogen and oxygen atoms in total. The SMILES string of the molecule is O=C(O)c1cncc(NCc2cccc3cccnc23)n1. The van der Waals surface area contributed by atoms with Crippen LogP contribution in [0.3, 0.4) is 0 Å². The summed E-state index contributed by atoms with van der Waals surface area (Å²) in [5, 5.41) is 13.0. The van der Waals surface area contributed by atoms with Gasteiger partial charge in [0, 0.05) is 18.1 Å². The van der Waals surface area contributed by atoms with Gasteiger partial charge in [-0.25, -0.2) is 9.78 Å². The smallest absolute Gasteiger partial charge is 0.356 e. The largest absolute Gasteiger partial charge is 0.476 e. The fourth-order valence-corrected chi connectivity index (χ4v) is 2.05. The molecule has 2 N–H and O–H groups in total. The Morgan fingerprint density at radius 3 is 2.90 bits per heavy atom. The minimum absolute atomic E-state index is 0.0870. The summed E-state index contributed by atoms with van der Waals surface area (Å²) in [4.78, 5) is 23.1. The van der Waals surface area contributed by atoms with Crippen molar-refractivity contribution in [1.29, 1.82) is 0 Å². The molecule has 2 heterocycles. The molecule has 6 heteroatoms. The van der Waals surface area contributed by atoms with Crippen LogP contribution in [0, 0.1) is 0 Å². The molecule has 0 spiro atoms. The van der Waals surface area contributed by atoms with Gasteiger partial charge in [-0.2, -0.15) is 0 Å². The first-order valence-electron chi connectivity index (χ1n) is 6.36. The molecule has 0 unspecified atom stereocenters. The fraction of sp³-hybridized carbons (Fsp3) is 0.0667. The summed E-state index contributed by atoms with van der Waals surface area (Å²) in [6.07, 6.45) is 4.45. The zero-order chi connectivity index (χ0) is 14.7. The number of carbonyl (C=O) groups is 1. The molecule has 3 rings (SSSR count). The van der Waals surface area contributed by atoms with Crippen molar-refractivity contribution in [1.82, 2.24) is 15.0 Å². The van der Waals surface area contributed by atoms with E-state index in [0.717, 1.165) is 16.5 Å². The molecule has 0 radical (unpaired) electrons. The van der Waals surface area contributed by atoms with Crippen LogP contribution in [0.4, 0.5) is 5.82 Å². The number of nitrogens with zero attached hydrogens (tertiary/aromatic N) is 3. The number of carboxylic acids is 1. The predicted molar refractivity (Wildman–Crippen MR) is 78.1 cm³/mol. The van der Waals surface area contributed by atoms with Crippen molar-refractivity contribution in [2.45, 2.75) is 6.54 Å². The molecule has 0 amide bonds. The number of hydrogen-bond donors (Lipinski definition) is 2. The van der Waals surface area contributed by atoms with Crippen molar-refractivity contribution in [2.24, 2.45) is 0 Å². The molecule has 0 saturated heterocycles. The number of carboxylic acid groups (broad SMARTS) is 1. The van der Waals surface area contributed by atoms with E-state index in [1.165, 1.54) is 12.4 Å². The van der Waals surface area contributed by atoms with E-state index in [2.05, 4.69) is 20.3 Å². The molecule has 1 aromatic carbocycles. The number of fused-ring (bicyclic) bond motifs is 1. The average Bonchev–Trinajstić information content (AvgIpc) is 2.53. The van der Waals surface area contributed by atoms with E-state index in [4.69, 9.17) is 5.11 Å². The molecule has 2 aromatic heterocycles. The number of anilines is 1. The number of aromatic carboxylic acids is 1. The Hall–Kier alpha value is -3.02. The van der Waals surface area contributed by atoms with Crippen LogP contribution in [0.25, 0.3) is 10.9 Å². The Labute approximate surface area is 120 Å². The van der Waals surface area contributed by atoms with Crippen LogP contribution in [0.15, 0.2) is 48.9 Å². The lowest BCUT2D eigenvalue weighted by Gasteiger charge is -2.08. The van der Waals surface area contributed by atoms with Gasteiger partial charge in [-0.05, 0) is 11.6 Å². The van der Waals surface area contributed by atoms with Crippen LogP contribution in [-0.4, -0.2) is 26.0 Å². The highest BCUT2D eigenvalue weighted by molar-refractivity contribution is 5.85. The zero-order valence-corrected chi connectivity index (χ0v) is 11.0. The van der Waals surface area contributed by atoms with E-state index >= 15 is 0 Å². The molecule has 104 valence electrons. The van der Waals surface area contributed by atoms with E-state index in [1.807, 2.05) is 30.3 Å². The zero-order valence-electron chi connectivity index (χ0n) is 11.0. The van der Waals surface area contributed by atoms with Crippen LogP contribution in [0.2, 0.25) is 0 Å². The molecular weight excluding hydrogens is 268 g/mol. The Balaban J connectivity index is 1.84. The molecular formula is C15H12N4O2. The minimum atomic E-state index is -1.10. The first kappa shape index (κ1) is 13.0. The second-order valence-electron chi connectivity index (χ2n) is 4.44. The van der Waals surface area contributed by atoms with E-state index in [0.29, 0.717) is 12.4 Å². The van der Waals surface area contributed by atoms with Crippen molar-refractivity contribution in [3.63, 3.8) is 0 Å². The van der Waals surface area contributed by atoms with Crippen LogP contribution in [0.5, 0.6) is 0 Å². The van der Waals surface area contributed by atoms with Crippen LogP contribution in [-0.2, 0) is 6.54 Å². The molecule has 0 aliphatic carbocycles. The number of pyridine rings is 1. The van der Waals surface area contributed by atoms with Gasteiger partial charge in [0.25, 0.3) is 0 Å². The third-order valence-corrected chi connectivity index (χ3v) is 3.03. The van der Waals surface area contributed by atoms with Crippen molar-refractivity contribution >= 4 is 22.7 Å². The Kier molecular flexibility index (Phi) is 3.42. The van der Waals surface area contributed by atoms with E-state index in [9.17, 15) is 4.79 Å². The maximum Gasteiger partial charge on any atom is 0.356 e. The maximum atomic E-state index is 10.9. The molecule has 0 bridgehead atoms. The Morgan fingerprint density at radius 1 is 1.19 bits per heavy atom. The monoisotopic (exact) mass is 280 g/mol. The van der Waals surface area contributed by atoms with Gasteiger partial charge < -0.3 is 10.4 Å². The average molecular weight is 280 g/mol. The number of para-hydroxylation sites is 1. The highest BCUT2D eigenvalue weighted by Gasteiger charge is 2.07. The van der Waals surface area contributed by atoms with E-state index in [1.54, 1.807) is 6.20 Å². The summed E-state index contributed by atoms with van der Waals surface area (Å²) in [5.74, 6) is -0.680. The molecule has 3 aromatic rings. The van der Waals surface area contributed by atoms with Gasteiger partial charge in [0.05, 0.1) is 17.9 Å². The number of benzene rings is 1. The summed E-state index contributed by atoms with van der Waals surface area (Å²) < 4.78 is 0. The highest BCUT2D eigenvalue weighted by atomic mass is 16.4. The van der Waals surface area contributed by atoms with Crippen molar-refractivity contribution < 1.29 is 9.90 Å². The van der Waals surface area contributed by atoms with Gasteiger partial charge in [0.2, 0.25) is 0 Å². The second-order valence-corrected chi connectivity index (χ2v) is 4.44. The van der Waals surface area contributed by atoms with Gasteiger partial charge >= 0.3 is 5.97 Å². The number of hydrogen-bond acceptors (Lipinski definition) is 5. The number of aromatic nitrogens is 3. The van der Waals surface area contributed by atoms with Gasteiger partial charge in [0.15, 0.2) is 5.69 Å². The van der Waals surface area contributed by atoms with Crippen LogP contribution < -0.4 is 5.32 Å². The lowest BCUT2D eigenvalue weighted by molar-refractivity contribution is 0.0690. The van der Waals surface area contributed by atoms with Gasteiger partial charge in [0.1, 0.15) is 5.82 Å². The summed E-state index contributed by atoms with van der Waals surface area (Å²) in [6, 6.07) is 9.81. The third kappa shape index (κ3) is 2.79. The van der Waals surface area contributed by atoms with Gasteiger partial charge in [-0.1, -0.05) is 24.3 Å². The van der Waals surface area contributed by atoms with Gasteiger partial charge in [-0.15, -0.1) is 0 Å². The quantitative estimate of drug-likeness (QED) is 0.762.